The molecule has 0 aromatic heterocycles. The zero-order chi connectivity index (χ0) is 14.3. The van der Waals surface area contributed by atoms with Crippen molar-refractivity contribution in [2.75, 3.05) is 13.2 Å². The Morgan fingerprint density at radius 3 is 2.58 bits per heavy atom. The van der Waals surface area contributed by atoms with Crippen LogP contribution in [0, 0.1) is 0 Å². The third kappa shape index (κ3) is 4.44. The molecular formula is C14H20O5. The minimum absolute atomic E-state index is 0.0219. The standard InChI is InChI=1S/C14H20O5/c1-3-7-18-12-9-10(5-6-11(12)15)13(16)14(17)19-8-4-2/h5-6,9,13,15-16H,3-4,7-8H2,1-2H3. The molecule has 0 amide bonds. The summed E-state index contributed by atoms with van der Waals surface area (Å²) in [5, 5.41) is 19.4. The predicted molar refractivity (Wildman–Crippen MR) is 70.1 cm³/mol. The Morgan fingerprint density at radius 2 is 1.95 bits per heavy atom. The van der Waals surface area contributed by atoms with Crippen molar-refractivity contribution in [3.8, 4) is 11.5 Å². The average Bonchev–Trinajstić information content (AvgIpc) is 2.43. The SMILES string of the molecule is CCCOC(=O)C(O)c1ccc(O)c(OCCC)c1. The minimum atomic E-state index is -1.36. The summed E-state index contributed by atoms with van der Waals surface area (Å²) < 4.78 is 10.2. The molecule has 0 heterocycles. The van der Waals surface area contributed by atoms with Gasteiger partial charge in [0.05, 0.1) is 13.2 Å². The number of benzene rings is 1. The number of esters is 1. The molecule has 2 N–H and O–H groups in total. The highest BCUT2D eigenvalue weighted by Crippen LogP contribution is 2.29. The first-order valence-electron chi connectivity index (χ1n) is 6.40. The van der Waals surface area contributed by atoms with Crippen LogP contribution in [0.3, 0.4) is 0 Å². The van der Waals surface area contributed by atoms with Crippen LogP contribution >= 0.6 is 0 Å². The number of carbonyl (C=O) groups excluding carboxylic acids is 1. The molecule has 0 saturated carbocycles. The fourth-order valence-electron chi connectivity index (χ4n) is 1.45. The van der Waals surface area contributed by atoms with Gasteiger partial charge in [-0.15, -0.1) is 0 Å². The highest BCUT2D eigenvalue weighted by molar-refractivity contribution is 5.76. The minimum Gasteiger partial charge on any atom is -0.504 e. The van der Waals surface area contributed by atoms with Gasteiger partial charge in [-0.2, -0.15) is 0 Å². The van der Waals surface area contributed by atoms with Crippen molar-refractivity contribution < 1.29 is 24.5 Å². The maximum atomic E-state index is 11.5. The number of phenols is 1. The maximum absolute atomic E-state index is 11.5. The molecule has 1 rings (SSSR count). The van der Waals surface area contributed by atoms with Gasteiger partial charge in [0.25, 0.3) is 0 Å². The van der Waals surface area contributed by atoms with Crippen LogP contribution in [0.4, 0.5) is 0 Å². The summed E-state index contributed by atoms with van der Waals surface area (Å²) in [6.45, 7) is 4.54. The van der Waals surface area contributed by atoms with Gasteiger partial charge in [-0.3, -0.25) is 0 Å². The largest absolute Gasteiger partial charge is 0.504 e. The van der Waals surface area contributed by atoms with E-state index in [1.54, 1.807) is 0 Å². The number of aromatic hydroxyl groups is 1. The van der Waals surface area contributed by atoms with E-state index >= 15 is 0 Å². The number of rotatable bonds is 7. The molecule has 5 nitrogen and oxygen atoms in total. The number of aliphatic hydroxyl groups is 1. The van der Waals surface area contributed by atoms with E-state index in [4.69, 9.17) is 9.47 Å². The van der Waals surface area contributed by atoms with E-state index in [9.17, 15) is 15.0 Å². The van der Waals surface area contributed by atoms with Crippen LogP contribution in [-0.4, -0.2) is 29.4 Å². The summed E-state index contributed by atoms with van der Waals surface area (Å²) in [5.41, 5.74) is 0.338. The Kier molecular flexibility index (Phi) is 6.15. The lowest BCUT2D eigenvalue weighted by Crippen LogP contribution is -2.16. The van der Waals surface area contributed by atoms with Crippen molar-refractivity contribution in [2.45, 2.75) is 32.8 Å². The molecule has 19 heavy (non-hydrogen) atoms. The Morgan fingerprint density at radius 1 is 1.26 bits per heavy atom. The van der Waals surface area contributed by atoms with Crippen molar-refractivity contribution in [1.82, 2.24) is 0 Å². The topological polar surface area (TPSA) is 76.0 Å². The second-order valence-corrected chi connectivity index (χ2v) is 4.15. The molecule has 106 valence electrons. The number of aliphatic hydroxyl groups excluding tert-OH is 1. The molecule has 0 aliphatic carbocycles. The van der Waals surface area contributed by atoms with Gasteiger partial charge in [-0.25, -0.2) is 4.79 Å². The van der Waals surface area contributed by atoms with E-state index in [1.165, 1.54) is 18.2 Å². The number of carbonyl (C=O) groups is 1. The molecule has 0 aliphatic rings. The fourth-order valence-corrected chi connectivity index (χ4v) is 1.45. The Labute approximate surface area is 112 Å². The van der Waals surface area contributed by atoms with Gasteiger partial charge in [0, 0.05) is 0 Å². The Hall–Kier alpha value is -1.75. The molecule has 1 unspecified atom stereocenters. The van der Waals surface area contributed by atoms with E-state index in [0.717, 1.165) is 6.42 Å². The van der Waals surface area contributed by atoms with Crippen LogP contribution in [-0.2, 0) is 9.53 Å². The van der Waals surface area contributed by atoms with E-state index in [-0.39, 0.29) is 18.1 Å². The molecule has 0 saturated heterocycles. The Bertz CT molecular complexity index is 416. The smallest absolute Gasteiger partial charge is 0.339 e. The number of phenolic OH excluding ortho intramolecular Hbond substituents is 1. The predicted octanol–water partition coefficient (Wildman–Crippen LogP) is 2.17. The zero-order valence-corrected chi connectivity index (χ0v) is 11.3. The lowest BCUT2D eigenvalue weighted by molar-refractivity contribution is -0.153. The van der Waals surface area contributed by atoms with Gasteiger partial charge >= 0.3 is 5.97 Å². The zero-order valence-electron chi connectivity index (χ0n) is 11.3. The van der Waals surface area contributed by atoms with Crippen molar-refractivity contribution in [2.24, 2.45) is 0 Å². The summed E-state index contributed by atoms with van der Waals surface area (Å²) in [5.74, 6) is -0.470. The average molecular weight is 268 g/mol. The van der Waals surface area contributed by atoms with Gasteiger partial charge in [0.1, 0.15) is 0 Å². The van der Waals surface area contributed by atoms with Crippen molar-refractivity contribution >= 4 is 5.97 Å². The molecule has 0 spiro atoms. The number of hydrogen-bond acceptors (Lipinski definition) is 5. The fraction of sp³-hybridized carbons (Fsp3) is 0.500. The van der Waals surface area contributed by atoms with E-state index in [0.29, 0.717) is 18.6 Å². The van der Waals surface area contributed by atoms with Crippen molar-refractivity contribution in [3.05, 3.63) is 23.8 Å². The van der Waals surface area contributed by atoms with E-state index in [1.807, 2.05) is 13.8 Å². The molecule has 1 aromatic rings. The van der Waals surface area contributed by atoms with Gasteiger partial charge in [0.15, 0.2) is 17.6 Å². The van der Waals surface area contributed by atoms with Crippen LogP contribution < -0.4 is 4.74 Å². The number of hydrogen-bond donors (Lipinski definition) is 2. The summed E-state index contributed by atoms with van der Waals surface area (Å²) in [6, 6.07) is 4.30. The van der Waals surface area contributed by atoms with Crippen LogP contribution in [0.25, 0.3) is 0 Å². The second kappa shape index (κ2) is 7.63. The summed E-state index contributed by atoms with van der Waals surface area (Å²) in [4.78, 5) is 11.5. The molecule has 0 bridgehead atoms. The first kappa shape index (κ1) is 15.3. The van der Waals surface area contributed by atoms with Crippen molar-refractivity contribution in [3.63, 3.8) is 0 Å². The van der Waals surface area contributed by atoms with E-state index in [2.05, 4.69) is 0 Å². The third-order valence-electron chi connectivity index (χ3n) is 2.43. The monoisotopic (exact) mass is 268 g/mol. The Balaban J connectivity index is 2.79. The lowest BCUT2D eigenvalue weighted by Gasteiger charge is -2.13. The normalized spacial score (nSPS) is 11.9. The van der Waals surface area contributed by atoms with Gasteiger partial charge < -0.3 is 19.7 Å². The highest BCUT2D eigenvalue weighted by atomic mass is 16.5. The third-order valence-corrected chi connectivity index (χ3v) is 2.43. The molecule has 0 aliphatic heterocycles. The number of ether oxygens (including phenoxy) is 2. The molecule has 1 atom stereocenters. The molecule has 1 aromatic carbocycles. The van der Waals surface area contributed by atoms with Crippen LogP contribution in [0.2, 0.25) is 0 Å². The van der Waals surface area contributed by atoms with Crippen molar-refractivity contribution in [1.29, 1.82) is 0 Å². The first-order valence-corrected chi connectivity index (χ1v) is 6.40. The van der Waals surface area contributed by atoms with Gasteiger partial charge in [-0.1, -0.05) is 19.9 Å². The van der Waals surface area contributed by atoms with Crippen LogP contribution in [0.1, 0.15) is 38.4 Å². The lowest BCUT2D eigenvalue weighted by atomic mass is 10.1. The molecule has 0 radical (unpaired) electrons. The first-order chi connectivity index (χ1) is 9.10. The van der Waals surface area contributed by atoms with E-state index < -0.39 is 12.1 Å². The molecule has 5 heteroatoms. The van der Waals surface area contributed by atoms with Gasteiger partial charge in [0.2, 0.25) is 0 Å². The van der Waals surface area contributed by atoms with Crippen LogP contribution in [0.5, 0.6) is 11.5 Å². The maximum Gasteiger partial charge on any atom is 0.339 e. The summed E-state index contributed by atoms with van der Waals surface area (Å²) in [7, 11) is 0. The van der Waals surface area contributed by atoms with Gasteiger partial charge in [-0.05, 0) is 30.5 Å². The van der Waals surface area contributed by atoms with Crippen LogP contribution in [0.15, 0.2) is 18.2 Å². The summed E-state index contributed by atoms with van der Waals surface area (Å²) in [6.07, 6.45) is 0.125. The molecular weight excluding hydrogens is 248 g/mol. The quantitative estimate of drug-likeness (QED) is 0.741. The summed E-state index contributed by atoms with van der Waals surface area (Å²) >= 11 is 0. The molecule has 0 fully saturated rings. The second-order valence-electron chi connectivity index (χ2n) is 4.15. The highest BCUT2D eigenvalue weighted by Gasteiger charge is 2.20.